The molecule has 0 aliphatic carbocycles. The number of likely N-dealkylation sites (N-methyl/N-ethyl adjacent to an activating group) is 1. The van der Waals surface area contributed by atoms with Gasteiger partial charge in [0.1, 0.15) is 0 Å². The molecule has 0 radical (unpaired) electrons. The van der Waals surface area contributed by atoms with Crippen LogP contribution in [-0.2, 0) is 11.3 Å². The van der Waals surface area contributed by atoms with E-state index in [4.69, 9.17) is 16.3 Å². The molecule has 3 aromatic rings. The first-order valence-electron chi connectivity index (χ1n) is 10.4. The third-order valence-electron chi connectivity index (χ3n) is 5.92. The SMILES string of the molecule is Cc1c(-c2csc(CN3CCN(C)CC3)c2)sc2c(N3CCOCC3)nc(Cl)nc12. The quantitative estimate of drug-likeness (QED) is 0.545. The first-order chi connectivity index (χ1) is 14.6. The van der Waals surface area contributed by atoms with Crippen LogP contribution in [0.15, 0.2) is 11.4 Å². The monoisotopic (exact) mass is 463 g/mol. The van der Waals surface area contributed by atoms with Crippen molar-refractivity contribution in [2.45, 2.75) is 13.5 Å². The molecule has 5 rings (SSSR count). The molecule has 2 aliphatic heterocycles. The minimum atomic E-state index is 0.317. The predicted molar refractivity (Wildman–Crippen MR) is 126 cm³/mol. The van der Waals surface area contributed by atoms with E-state index in [1.165, 1.54) is 20.9 Å². The van der Waals surface area contributed by atoms with Gasteiger partial charge in [0.25, 0.3) is 0 Å². The highest BCUT2D eigenvalue weighted by molar-refractivity contribution is 7.23. The zero-order chi connectivity index (χ0) is 20.7. The highest BCUT2D eigenvalue weighted by atomic mass is 35.5. The van der Waals surface area contributed by atoms with Gasteiger partial charge in [-0.15, -0.1) is 22.7 Å². The molecule has 0 aromatic carbocycles. The van der Waals surface area contributed by atoms with Gasteiger partial charge in [-0.05, 0) is 42.6 Å². The molecule has 6 nitrogen and oxygen atoms in total. The summed E-state index contributed by atoms with van der Waals surface area (Å²) in [7, 11) is 2.20. The van der Waals surface area contributed by atoms with Gasteiger partial charge in [-0.2, -0.15) is 4.98 Å². The summed E-state index contributed by atoms with van der Waals surface area (Å²) in [5.41, 5.74) is 3.45. The Balaban J connectivity index is 1.45. The van der Waals surface area contributed by atoms with Crippen molar-refractivity contribution in [3.05, 3.63) is 27.2 Å². The number of hydrogen-bond donors (Lipinski definition) is 0. The Morgan fingerprint density at radius 1 is 1.10 bits per heavy atom. The lowest BCUT2D eigenvalue weighted by Gasteiger charge is -2.31. The number of ether oxygens (including phenoxy) is 1. The Morgan fingerprint density at radius 3 is 2.63 bits per heavy atom. The summed E-state index contributed by atoms with van der Waals surface area (Å²) >= 11 is 9.95. The number of morpholine rings is 1. The Hall–Kier alpha value is -1.29. The van der Waals surface area contributed by atoms with Crippen molar-refractivity contribution in [2.24, 2.45) is 0 Å². The lowest BCUT2D eigenvalue weighted by atomic mass is 10.1. The third kappa shape index (κ3) is 4.09. The summed E-state index contributed by atoms with van der Waals surface area (Å²) in [4.78, 5) is 19.1. The van der Waals surface area contributed by atoms with Gasteiger partial charge >= 0.3 is 0 Å². The predicted octanol–water partition coefficient (Wildman–Crippen LogP) is 3.97. The van der Waals surface area contributed by atoms with Crippen molar-refractivity contribution in [3.63, 3.8) is 0 Å². The molecule has 0 amide bonds. The summed E-state index contributed by atoms with van der Waals surface area (Å²) < 4.78 is 6.64. The van der Waals surface area contributed by atoms with E-state index in [-0.39, 0.29) is 0 Å². The fourth-order valence-electron chi connectivity index (χ4n) is 4.12. The first kappa shape index (κ1) is 20.6. The van der Waals surface area contributed by atoms with E-state index in [9.17, 15) is 0 Å². The van der Waals surface area contributed by atoms with Crippen LogP contribution < -0.4 is 4.90 Å². The molecule has 30 heavy (non-hydrogen) atoms. The lowest BCUT2D eigenvalue weighted by molar-refractivity contribution is 0.122. The lowest BCUT2D eigenvalue weighted by Crippen LogP contribution is -2.43. The number of piperazine rings is 1. The van der Waals surface area contributed by atoms with E-state index < -0.39 is 0 Å². The number of aryl methyl sites for hydroxylation is 1. The average Bonchev–Trinajstić information content (AvgIpc) is 3.34. The second kappa shape index (κ2) is 8.68. The average molecular weight is 464 g/mol. The Kier molecular flexibility index (Phi) is 5.96. The fourth-order valence-corrected chi connectivity index (χ4v) is 6.53. The van der Waals surface area contributed by atoms with Crippen LogP contribution in [0.4, 0.5) is 5.82 Å². The van der Waals surface area contributed by atoms with E-state index in [0.29, 0.717) is 5.28 Å². The highest BCUT2D eigenvalue weighted by Crippen LogP contribution is 2.42. The van der Waals surface area contributed by atoms with Crippen LogP contribution in [-0.4, -0.2) is 79.3 Å². The molecule has 0 unspecified atom stereocenters. The zero-order valence-electron chi connectivity index (χ0n) is 17.4. The van der Waals surface area contributed by atoms with E-state index in [1.807, 2.05) is 11.3 Å². The normalized spacial score (nSPS) is 19.1. The molecule has 0 spiro atoms. The van der Waals surface area contributed by atoms with Crippen LogP contribution in [0.2, 0.25) is 5.28 Å². The standard InChI is InChI=1S/C21H26ClN5OS2/c1-14-17-19(20(24-21(22)23-17)27-7-9-28-10-8-27)30-18(14)15-11-16(29-13-15)12-26-5-3-25(2)4-6-26/h11,13H,3-10,12H2,1-2H3. The van der Waals surface area contributed by atoms with Crippen molar-refractivity contribution >= 4 is 50.3 Å². The van der Waals surface area contributed by atoms with Gasteiger partial charge in [-0.1, -0.05) is 0 Å². The summed E-state index contributed by atoms with van der Waals surface area (Å²) in [5.74, 6) is 0.945. The van der Waals surface area contributed by atoms with Crippen molar-refractivity contribution in [1.82, 2.24) is 19.8 Å². The van der Waals surface area contributed by atoms with Crippen LogP contribution >= 0.6 is 34.3 Å². The molecular formula is C21H26ClN5OS2. The number of hydrogen-bond acceptors (Lipinski definition) is 8. The number of anilines is 1. The number of thiophene rings is 2. The number of fused-ring (bicyclic) bond motifs is 1. The van der Waals surface area contributed by atoms with Crippen molar-refractivity contribution in [2.75, 3.05) is 64.4 Å². The van der Waals surface area contributed by atoms with Crippen molar-refractivity contribution in [3.8, 4) is 10.4 Å². The highest BCUT2D eigenvalue weighted by Gasteiger charge is 2.22. The van der Waals surface area contributed by atoms with E-state index in [1.54, 1.807) is 11.3 Å². The van der Waals surface area contributed by atoms with E-state index >= 15 is 0 Å². The van der Waals surface area contributed by atoms with Gasteiger partial charge in [0.15, 0.2) is 5.82 Å². The number of nitrogens with zero attached hydrogens (tertiary/aromatic N) is 5. The first-order valence-corrected chi connectivity index (χ1v) is 12.4. The van der Waals surface area contributed by atoms with Crippen molar-refractivity contribution < 1.29 is 4.74 Å². The second-order valence-electron chi connectivity index (χ2n) is 8.03. The van der Waals surface area contributed by atoms with Crippen molar-refractivity contribution in [1.29, 1.82) is 0 Å². The van der Waals surface area contributed by atoms with Crippen LogP contribution in [0.5, 0.6) is 0 Å². The summed E-state index contributed by atoms with van der Waals surface area (Å²) in [6.07, 6.45) is 0. The largest absolute Gasteiger partial charge is 0.378 e. The van der Waals surface area contributed by atoms with Crippen LogP contribution in [0.25, 0.3) is 20.7 Å². The van der Waals surface area contributed by atoms with Gasteiger partial charge < -0.3 is 14.5 Å². The topological polar surface area (TPSA) is 44.7 Å². The summed E-state index contributed by atoms with van der Waals surface area (Å²) in [6.45, 7) is 10.9. The molecule has 0 saturated carbocycles. The van der Waals surface area contributed by atoms with Crippen LogP contribution in [0, 0.1) is 6.92 Å². The molecule has 0 N–H and O–H groups in total. The maximum atomic E-state index is 6.31. The number of aromatic nitrogens is 2. The molecule has 2 aliphatic rings. The van der Waals surface area contributed by atoms with Gasteiger partial charge in [0.05, 0.1) is 23.4 Å². The molecule has 5 heterocycles. The van der Waals surface area contributed by atoms with Crippen LogP contribution in [0.1, 0.15) is 10.4 Å². The van der Waals surface area contributed by atoms with E-state index in [2.05, 4.69) is 50.1 Å². The minimum absolute atomic E-state index is 0.317. The fraction of sp³-hybridized carbons (Fsp3) is 0.524. The summed E-state index contributed by atoms with van der Waals surface area (Å²) in [6, 6.07) is 2.35. The number of halogens is 1. The maximum Gasteiger partial charge on any atom is 0.224 e. The van der Waals surface area contributed by atoms with E-state index in [0.717, 1.165) is 75.1 Å². The van der Waals surface area contributed by atoms with Crippen LogP contribution in [0.3, 0.4) is 0 Å². The van der Waals surface area contributed by atoms with Gasteiger partial charge in [-0.25, -0.2) is 4.98 Å². The second-order valence-corrected chi connectivity index (χ2v) is 10.4. The van der Waals surface area contributed by atoms with Gasteiger partial charge in [0.2, 0.25) is 5.28 Å². The molecule has 2 saturated heterocycles. The molecule has 0 atom stereocenters. The Labute approximate surface area is 190 Å². The third-order valence-corrected chi connectivity index (χ3v) is 8.34. The Bertz CT molecular complexity index is 1040. The molecule has 2 fully saturated rings. The molecular weight excluding hydrogens is 438 g/mol. The smallest absolute Gasteiger partial charge is 0.224 e. The Morgan fingerprint density at radius 2 is 1.87 bits per heavy atom. The summed E-state index contributed by atoms with van der Waals surface area (Å²) in [5, 5.41) is 2.60. The molecule has 160 valence electrons. The zero-order valence-corrected chi connectivity index (χ0v) is 19.7. The minimum Gasteiger partial charge on any atom is -0.378 e. The van der Waals surface area contributed by atoms with Gasteiger partial charge in [0, 0.05) is 61.1 Å². The molecule has 0 bridgehead atoms. The molecule has 3 aromatic heterocycles. The molecule has 9 heteroatoms. The number of rotatable bonds is 4. The van der Waals surface area contributed by atoms with Gasteiger partial charge in [-0.3, -0.25) is 4.90 Å². The maximum absolute atomic E-state index is 6.31.